The second-order valence-corrected chi connectivity index (χ2v) is 2.39. The van der Waals surface area contributed by atoms with Gasteiger partial charge in [0.25, 0.3) is 0 Å². The Bertz CT molecular complexity index is 65.3. The molecule has 1 heterocycles. The van der Waals surface area contributed by atoms with E-state index < -0.39 is 0 Å². The van der Waals surface area contributed by atoms with E-state index >= 15 is 0 Å². The number of rotatable bonds is 1. The largest absolute Gasteiger partial charge is 0.356 e. The maximum Gasteiger partial charge on any atom is 0.157 e. The van der Waals surface area contributed by atoms with Gasteiger partial charge in [0, 0.05) is 13.7 Å². The predicted molar refractivity (Wildman–Crippen MR) is 35.2 cm³/mol. The molecule has 2 heteroatoms. The lowest BCUT2D eigenvalue weighted by molar-refractivity contribution is -0.120. The van der Waals surface area contributed by atoms with E-state index in [-0.39, 0.29) is 6.29 Å². The minimum atomic E-state index is 0.0764. The molecule has 0 aromatic heterocycles. The fourth-order valence-corrected chi connectivity index (χ4v) is 1.07. The summed E-state index contributed by atoms with van der Waals surface area (Å²) < 4.78 is 10.4. The minimum Gasteiger partial charge on any atom is -0.356 e. The lowest BCUT2D eigenvalue weighted by Crippen LogP contribution is -2.12. The standard InChI is InChI=1S/C7H14O2/c1-8-7-5-3-2-4-6-9-7/h7H,2-6H2,1H3. The normalized spacial score (nSPS) is 29.7. The Morgan fingerprint density at radius 3 is 3.00 bits per heavy atom. The third kappa shape index (κ3) is 2.33. The molecule has 2 nitrogen and oxygen atoms in total. The molecule has 0 aromatic rings. The fourth-order valence-electron chi connectivity index (χ4n) is 1.07. The van der Waals surface area contributed by atoms with Crippen LogP contribution in [0.4, 0.5) is 0 Å². The smallest absolute Gasteiger partial charge is 0.157 e. The molecule has 0 saturated carbocycles. The van der Waals surface area contributed by atoms with Crippen LogP contribution in [0.25, 0.3) is 0 Å². The molecule has 0 radical (unpaired) electrons. The van der Waals surface area contributed by atoms with Gasteiger partial charge in [-0.2, -0.15) is 0 Å². The molecule has 54 valence electrons. The highest BCUT2D eigenvalue weighted by Crippen LogP contribution is 2.12. The second-order valence-electron chi connectivity index (χ2n) is 2.39. The summed E-state index contributed by atoms with van der Waals surface area (Å²) in [6, 6.07) is 0. The van der Waals surface area contributed by atoms with Gasteiger partial charge in [-0.3, -0.25) is 0 Å². The van der Waals surface area contributed by atoms with E-state index in [0.717, 1.165) is 13.0 Å². The average Bonchev–Trinajstić information content (AvgIpc) is 2.13. The first kappa shape index (κ1) is 7.03. The van der Waals surface area contributed by atoms with Gasteiger partial charge in [0.05, 0.1) is 0 Å². The highest BCUT2D eigenvalue weighted by molar-refractivity contribution is 4.52. The number of hydrogen-bond acceptors (Lipinski definition) is 2. The topological polar surface area (TPSA) is 18.5 Å². The first-order valence-electron chi connectivity index (χ1n) is 3.58. The molecule has 1 aliphatic rings. The van der Waals surface area contributed by atoms with E-state index in [1.807, 2.05) is 0 Å². The summed E-state index contributed by atoms with van der Waals surface area (Å²) in [6.45, 7) is 0.874. The molecule has 1 aliphatic heterocycles. The summed E-state index contributed by atoms with van der Waals surface area (Å²) in [5.74, 6) is 0. The minimum absolute atomic E-state index is 0.0764. The monoisotopic (exact) mass is 130 g/mol. The van der Waals surface area contributed by atoms with Gasteiger partial charge in [0.15, 0.2) is 6.29 Å². The van der Waals surface area contributed by atoms with Gasteiger partial charge in [-0.15, -0.1) is 0 Å². The highest BCUT2D eigenvalue weighted by Gasteiger charge is 2.09. The molecule has 0 aromatic carbocycles. The predicted octanol–water partition coefficient (Wildman–Crippen LogP) is 1.55. The van der Waals surface area contributed by atoms with Gasteiger partial charge < -0.3 is 9.47 Å². The van der Waals surface area contributed by atoms with Crippen LogP contribution in [0.5, 0.6) is 0 Å². The zero-order valence-electron chi connectivity index (χ0n) is 5.93. The van der Waals surface area contributed by atoms with Crippen molar-refractivity contribution in [3.63, 3.8) is 0 Å². The Labute approximate surface area is 56.2 Å². The van der Waals surface area contributed by atoms with Crippen molar-refractivity contribution in [2.45, 2.75) is 32.0 Å². The molecule has 0 N–H and O–H groups in total. The van der Waals surface area contributed by atoms with Gasteiger partial charge in [-0.05, 0) is 19.3 Å². The third-order valence-corrected chi connectivity index (χ3v) is 1.65. The van der Waals surface area contributed by atoms with E-state index in [2.05, 4.69) is 0 Å². The Morgan fingerprint density at radius 1 is 1.33 bits per heavy atom. The molecule has 0 aliphatic carbocycles. The zero-order chi connectivity index (χ0) is 6.53. The molecule has 1 unspecified atom stereocenters. The molecular formula is C7H14O2. The Morgan fingerprint density at radius 2 is 2.22 bits per heavy atom. The number of hydrogen-bond donors (Lipinski definition) is 0. The highest BCUT2D eigenvalue weighted by atomic mass is 16.7. The lowest BCUT2D eigenvalue weighted by atomic mass is 10.2. The quantitative estimate of drug-likeness (QED) is 0.536. The van der Waals surface area contributed by atoms with Crippen molar-refractivity contribution >= 4 is 0 Å². The van der Waals surface area contributed by atoms with Gasteiger partial charge >= 0.3 is 0 Å². The maximum absolute atomic E-state index is 5.33. The molecule has 0 bridgehead atoms. The van der Waals surface area contributed by atoms with Gasteiger partial charge in [-0.1, -0.05) is 6.42 Å². The van der Waals surface area contributed by atoms with Crippen molar-refractivity contribution in [1.82, 2.24) is 0 Å². The van der Waals surface area contributed by atoms with Crippen LogP contribution >= 0.6 is 0 Å². The summed E-state index contributed by atoms with van der Waals surface area (Å²) in [5.41, 5.74) is 0. The van der Waals surface area contributed by atoms with E-state index in [1.54, 1.807) is 7.11 Å². The van der Waals surface area contributed by atoms with Gasteiger partial charge in [-0.25, -0.2) is 0 Å². The second kappa shape index (κ2) is 3.85. The molecular weight excluding hydrogens is 116 g/mol. The van der Waals surface area contributed by atoms with Crippen molar-refractivity contribution in [2.75, 3.05) is 13.7 Å². The van der Waals surface area contributed by atoms with Crippen LogP contribution in [0.3, 0.4) is 0 Å². The average molecular weight is 130 g/mol. The van der Waals surface area contributed by atoms with Crippen LogP contribution in [-0.4, -0.2) is 20.0 Å². The summed E-state index contributed by atoms with van der Waals surface area (Å²) in [4.78, 5) is 0. The van der Waals surface area contributed by atoms with Crippen molar-refractivity contribution in [2.24, 2.45) is 0 Å². The van der Waals surface area contributed by atoms with Crippen LogP contribution in [0.15, 0.2) is 0 Å². The van der Waals surface area contributed by atoms with Gasteiger partial charge in [0.1, 0.15) is 0 Å². The van der Waals surface area contributed by atoms with Crippen molar-refractivity contribution < 1.29 is 9.47 Å². The molecule has 1 saturated heterocycles. The molecule has 9 heavy (non-hydrogen) atoms. The fraction of sp³-hybridized carbons (Fsp3) is 1.00. The van der Waals surface area contributed by atoms with Crippen LogP contribution in [0.1, 0.15) is 25.7 Å². The molecule has 1 rings (SSSR count). The Kier molecular flexibility index (Phi) is 3.01. The van der Waals surface area contributed by atoms with Crippen molar-refractivity contribution in [3.05, 3.63) is 0 Å². The zero-order valence-corrected chi connectivity index (χ0v) is 5.93. The van der Waals surface area contributed by atoms with Crippen LogP contribution < -0.4 is 0 Å². The number of methoxy groups -OCH3 is 1. The summed E-state index contributed by atoms with van der Waals surface area (Å²) in [5, 5.41) is 0. The summed E-state index contributed by atoms with van der Waals surface area (Å²) in [6.07, 6.45) is 4.88. The van der Waals surface area contributed by atoms with E-state index in [9.17, 15) is 0 Å². The number of ether oxygens (including phenoxy) is 2. The molecule has 1 atom stereocenters. The van der Waals surface area contributed by atoms with Crippen molar-refractivity contribution in [3.8, 4) is 0 Å². The van der Waals surface area contributed by atoms with Crippen LogP contribution in [0.2, 0.25) is 0 Å². The van der Waals surface area contributed by atoms with Crippen LogP contribution in [0, 0.1) is 0 Å². The van der Waals surface area contributed by atoms with Gasteiger partial charge in [0.2, 0.25) is 0 Å². The summed E-state index contributed by atoms with van der Waals surface area (Å²) >= 11 is 0. The first-order chi connectivity index (χ1) is 4.43. The third-order valence-electron chi connectivity index (χ3n) is 1.65. The Balaban J connectivity index is 2.18. The molecule has 1 fully saturated rings. The summed E-state index contributed by atoms with van der Waals surface area (Å²) in [7, 11) is 1.70. The van der Waals surface area contributed by atoms with E-state index in [4.69, 9.17) is 9.47 Å². The lowest BCUT2D eigenvalue weighted by Gasteiger charge is -2.11. The first-order valence-corrected chi connectivity index (χ1v) is 3.58. The SMILES string of the molecule is COC1CCCCCO1. The van der Waals surface area contributed by atoms with Crippen molar-refractivity contribution in [1.29, 1.82) is 0 Å². The maximum atomic E-state index is 5.33. The Hall–Kier alpha value is -0.0800. The van der Waals surface area contributed by atoms with E-state index in [0.29, 0.717) is 0 Å². The van der Waals surface area contributed by atoms with Crippen LogP contribution in [-0.2, 0) is 9.47 Å². The van der Waals surface area contributed by atoms with E-state index in [1.165, 1.54) is 19.3 Å². The molecule has 0 spiro atoms. The molecule has 0 amide bonds.